The largest absolute Gasteiger partial charge is 0.508 e. The van der Waals surface area contributed by atoms with Gasteiger partial charge in [0.2, 0.25) is 0 Å². The predicted molar refractivity (Wildman–Crippen MR) is 128 cm³/mol. The molecule has 0 aromatic heterocycles. The monoisotopic (exact) mass is 414 g/mol. The number of phenolic OH excluding ortho intramolecular Hbond substituents is 2. The first-order chi connectivity index (χ1) is 13.5. The van der Waals surface area contributed by atoms with E-state index in [1.165, 1.54) is 5.56 Å². The smallest absolute Gasteiger partial charge is 0.123 e. The summed E-state index contributed by atoms with van der Waals surface area (Å²) in [5.41, 5.74) is 4.23. The molecular formula is C27H42O3. The highest BCUT2D eigenvalue weighted by Crippen LogP contribution is 2.39. The van der Waals surface area contributed by atoms with Crippen molar-refractivity contribution in [2.75, 3.05) is 7.11 Å². The van der Waals surface area contributed by atoms with Crippen LogP contribution >= 0.6 is 0 Å². The number of phenols is 2. The third-order valence-electron chi connectivity index (χ3n) is 5.21. The van der Waals surface area contributed by atoms with Crippen molar-refractivity contribution in [1.29, 1.82) is 0 Å². The summed E-state index contributed by atoms with van der Waals surface area (Å²) in [5, 5.41) is 20.1. The van der Waals surface area contributed by atoms with Gasteiger partial charge in [-0.25, -0.2) is 0 Å². The van der Waals surface area contributed by atoms with Crippen molar-refractivity contribution in [2.45, 2.75) is 91.9 Å². The lowest BCUT2D eigenvalue weighted by Gasteiger charge is -2.28. The van der Waals surface area contributed by atoms with Crippen molar-refractivity contribution in [3.8, 4) is 17.2 Å². The Morgan fingerprint density at radius 2 is 1.13 bits per heavy atom. The molecule has 0 aliphatic carbocycles. The molecule has 2 aromatic rings. The molecule has 0 radical (unpaired) electrons. The molecular weight excluding hydrogens is 372 g/mol. The first-order valence-electron chi connectivity index (χ1n) is 10.8. The van der Waals surface area contributed by atoms with Crippen LogP contribution in [0.15, 0.2) is 30.3 Å². The minimum atomic E-state index is -0.0569. The van der Waals surface area contributed by atoms with E-state index < -0.39 is 0 Å². The molecule has 0 heterocycles. The van der Waals surface area contributed by atoms with Crippen LogP contribution < -0.4 is 4.74 Å². The number of ether oxygens (including phenoxy) is 1. The highest BCUT2D eigenvalue weighted by atomic mass is 16.5. The first-order valence-corrected chi connectivity index (χ1v) is 10.8. The van der Waals surface area contributed by atoms with Gasteiger partial charge in [-0.1, -0.05) is 81.4 Å². The maximum Gasteiger partial charge on any atom is 0.123 e. The fourth-order valence-corrected chi connectivity index (χ4v) is 3.28. The van der Waals surface area contributed by atoms with Gasteiger partial charge < -0.3 is 14.9 Å². The van der Waals surface area contributed by atoms with E-state index in [9.17, 15) is 10.2 Å². The molecule has 0 amide bonds. The molecule has 3 heteroatoms. The van der Waals surface area contributed by atoms with Crippen molar-refractivity contribution in [3.63, 3.8) is 0 Å². The Bertz CT molecular complexity index is 809. The first kappa shape index (κ1) is 25.9. The molecule has 0 bridgehead atoms. The van der Waals surface area contributed by atoms with E-state index in [4.69, 9.17) is 4.74 Å². The maximum atomic E-state index is 10.5. The van der Waals surface area contributed by atoms with Crippen molar-refractivity contribution >= 4 is 0 Å². The fourth-order valence-electron chi connectivity index (χ4n) is 3.28. The lowest BCUT2D eigenvalue weighted by molar-refractivity contribution is 0.405. The van der Waals surface area contributed by atoms with E-state index in [0.717, 1.165) is 28.9 Å². The molecule has 168 valence electrons. The number of benzene rings is 2. The highest BCUT2D eigenvalue weighted by Gasteiger charge is 2.26. The summed E-state index contributed by atoms with van der Waals surface area (Å²) in [6.07, 6.45) is 1.01. The summed E-state index contributed by atoms with van der Waals surface area (Å²) < 4.78 is 5.09. The van der Waals surface area contributed by atoms with Crippen molar-refractivity contribution in [1.82, 2.24) is 0 Å². The number of methoxy groups -OCH3 is 1. The van der Waals surface area contributed by atoms with Crippen LogP contribution in [-0.2, 0) is 22.7 Å². The molecule has 0 saturated carbocycles. The van der Waals surface area contributed by atoms with Crippen molar-refractivity contribution in [3.05, 3.63) is 52.6 Å². The highest BCUT2D eigenvalue weighted by molar-refractivity contribution is 5.50. The van der Waals surface area contributed by atoms with Gasteiger partial charge in [-0.2, -0.15) is 0 Å². The second-order valence-corrected chi connectivity index (χ2v) is 11.0. The zero-order valence-electron chi connectivity index (χ0n) is 20.9. The molecule has 2 rings (SSSR count). The van der Waals surface area contributed by atoms with Crippen LogP contribution in [0.5, 0.6) is 17.2 Å². The van der Waals surface area contributed by atoms with E-state index in [1.54, 1.807) is 19.2 Å². The van der Waals surface area contributed by atoms with Gasteiger partial charge in [-0.3, -0.25) is 0 Å². The summed E-state index contributed by atoms with van der Waals surface area (Å²) in [5.74, 6) is 1.58. The van der Waals surface area contributed by atoms with Crippen molar-refractivity contribution in [2.24, 2.45) is 0 Å². The van der Waals surface area contributed by atoms with Gasteiger partial charge in [-0.15, -0.1) is 0 Å². The molecule has 0 spiro atoms. The van der Waals surface area contributed by atoms with Crippen LogP contribution in [0.3, 0.4) is 0 Å². The van der Waals surface area contributed by atoms with Gasteiger partial charge >= 0.3 is 0 Å². The third-order valence-corrected chi connectivity index (χ3v) is 5.21. The molecule has 0 unspecified atom stereocenters. The van der Waals surface area contributed by atoms with E-state index in [2.05, 4.69) is 81.4 Å². The summed E-state index contributed by atoms with van der Waals surface area (Å²) >= 11 is 0. The van der Waals surface area contributed by atoms with E-state index in [0.29, 0.717) is 11.5 Å². The number of aromatic hydroxyl groups is 2. The van der Waals surface area contributed by atoms with Crippen LogP contribution in [-0.4, -0.2) is 17.3 Å². The molecule has 2 N–H and O–H groups in total. The Balaban J connectivity index is 0.000000311. The van der Waals surface area contributed by atoms with Crippen LogP contribution in [0.25, 0.3) is 0 Å². The van der Waals surface area contributed by atoms with E-state index in [-0.39, 0.29) is 16.2 Å². The minimum absolute atomic E-state index is 0.0186. The van der Waals surface area contributed by atoms with Crippen LogP contribution in [0.2, 0.25) is 0 Å². The Hall–Kier alpha value is -2.16. The molecule has 0 fully saturated rings. The van der Waals surface area contributed by atoms with Gasteiger partial charge in [-0.05, 0) is 57.6 Å². The SMILES string of the molecule is CCc1cc(C(C)(C)C)c(O)c(C(C)(C)C)c1.COc1ccc(O)c(C(C)(C)C)c1. The van der Waals surface area contributed by atoms with Crippen LogP contribution in [0.1, 0.15) is 91.5 Å². The van der Waals surface area contributed by atoms with Gasteiger partial charge in [0, 0.05) is 5.56 Å². The summed E-state index contributed by atoms with van der Waals surface area (Å²) in [4.78, 5) is 0. The Morgan fingerprint density at radius 3 is 1.47 bits per heavy atom. The average Bonchev–Trinajstić information content (AvgIpc) is 2.60. The average molecular weight is 415 g/mol. The van der Waals surface area contributed by atoms with Gasteiger partial charge in [0.25, 0.3) is 0 Å². The van der Waals surface area contributed by atoms with Gasteiger partial charge in [0.1, 0.15) is 17.2 Å². The normalized spacial score (nSPS) is 12.2. The molecule has 0 aliphatic heterocycles. The lowest BCUT2D eigenvalue weighted by Crippen LogP contribution is -2.17. The van der Waals surface area contributed by atoms with Crippen LogP contribution in [0.4, 0.5) is 0 Å². The third kappa shape index (κ3) is 6.68. The topological polar surface area (TPSA) is 49.7 Å². The molecule has 0 saturated heterocycles. The lowest BCUT2D eigenvalue weighted by atomic mass is 9.78. The molecule has 0 atom stereocenters. The molecule has 2 aromatic carbocycles. The Labute approximate surface area is 184 Å². The zero-order valence-corrected chi connectivity index (χ0v) is 20.9. The number of hydrogen-bond donors (Lipinski definition) is 2. The zero-order chi connectivity index (χ0) is 23.5. The molecule has 3 nitrogen and oxygen atoms in total. The molecule has 0 aliphatic rings. The Morgan fingerprint density at radius 1 is 0.700 bits per heavy atom. The van der Waals surface area contributed by atoms with Crippen molar-refractivity contribution < 1.29 is 14.9 Å². The standard InChI is InChI=1S/C16H26O.C11H16O2/c1-8-11-9-12(15(2,3)4)14(17)13(10-11)16(5,6)7;1-11(2,3)9-7-8(13-4)5-6-10(9)12/h9-10,17H,8H2,1-7H3;5-7,12H,1-4H3. The fraction of sp³-hybridized carbons (Fsp3) is 0.556. The second-order valence-electron chi connectivity index (χ2n) is 11.0. The Kier molecular flexibility index (Phi) is 8.04. The number of hydrogen-bond acceptors (Lipinski definition) is 3. The van der Waals surface area contributed by atoms with E-state index in [1.807, 2.05) is 6.07 Å². The summed E-state index contributed by atoms with van der Waals surface area (Å²) in [6.45, 7) is 21.2. The van der Waals surface area contributed by atoms with Gasteiger partial charge in [0.15, 0.2) is 0 Å². The number of aryl methyl sites for hydroxylation is 1. The summed E-state index contributed by atoms with van der Waals surface area (Å²) in [6, 6.07) is 9.58. The maximum absolute atomic E-state index is 10.5. The number of rotatable bonds is 2. The minimum Gasteiger partial charge on any atom is -0.508 e. The quantitative estimate of drug-likeness (QED) is 0.544. The predicted octanol–water partition coefficient (Wildman–Crippen LogP) is 7.25. The summed E-state index contributed by atoms with van der Waals surface area (Å²) in [7, 11) is 1.62. The van der Waals surface area contributed by atoms with Crippen LogP contribution in [0, 0.1) is 0 Å². The van der Waals surface area contributed by atoms with E-state index >= 15 is 0 Å². The molecule has 30 heavy (non-hydrogen) atoms. The second kappa shape index (κ2) is 9.32. The van der Waals surface area contributed by atoms with Gasteiger partial charge in [0.05, 0.1) is 7.11 Å².